The topological polar surface area (TPSA) is 26.3 Å². The Morgan fingerprint density at radius 2 is 2.10 bits per heavy atom. The van der Waals surface area contributed by atoms with Crippen molar-refractivity contribution in [3.05, 3.63) is 10.2 Å². The van der Waals surface area contributed by atoms with Crippen molar-refractivity contribution >= 4 is 22.2 Å². The first-order valence-electron chi connectivity index (χ1n) is 3.06. The van der Waals surface area contributed by atoms with Gasteiger partial charge in [0, 0.05) is 0 Å². The minimum Gasteiger partial charge on any atom is -0.494 e. The van der Waals surface area contributed by atoms with Crippen molar-refractivity contribution < 1.29 is 9.53 Å². The van der Waals surface area contributed by atoms with Crippen molar-refractivity contribution in [3.63, 3.8) is 0 Å². The molecule has 0 aliphatic rings. The van der Waals surface area contributed by atoms with Gasteiger partial charge in [0.05, 0.1) is 10.6 Å². The number of halogens is 1. The Balaban J connectivity index is 4.04. The van der Waals surface area contributed by atoms with Gasteiger partial charge in [-0.15, -0.1) is 0 Å². The highest BCUT2D eigenvalue weighted by molar-refractivity contribution is 9.12. The monoisotopic (exact) mass is 206 g/mol. The van der Waals surface area contributed by atoms with Gasteiger partial charge in [-0.25, -0.2) is 0 Å². The van der Waals surface area contributed by atoms with Crippen molar-refractivity contribution in [2.24, 2.45) is 0 Å². The van der Waals surface area contributed by atoms with Crippen LogP contribution < -0.4 is 0 Å². The van der Waals surface area contributed by atoms with Gasteiger partial charge in [-0.3, -0.25) is 4.79 Å². The van der Waals surface area contributed by atoms with E-state index in [2.05, 4.69) is 15.9 Å². The first-order valence-corrected chi connectivity index (χ1v) is 3.85. The first-order chi connectivity index (χ1) is 4.57. The van der Waals surface area contributed by atoms with Crippen LogP contribution in [0.15, 0.2) is 10.2 Å². The first kappa shape index (κ1) is 9.69. The van der Waals surface area contributed by atoms with E-state index in [0.29, 0.717) is 10.2 Å². The van der Waals surface area contributed by atoms with E-state index in [4.69, 9.17) is 4.74 Å². The quantitative estimate of drug-likeness (QED) is 0.403. The molecule has 0 saturated heterocycles. The number of rotatable bonds is 3. The average molecular weight is 207 g/mol. The third-order valence-electron chi connectivity index (χ3n) is 0.852. The number of ether oxygens (including phenoxy) is 1. The number of carbonyl (C=O) groups is 1. The molecule has 0 radical (unpaired) electrons. The van der Waals surface area contributed by atoms with Crippen LogP contribution in [0, 0.1) is 0 Å². The Kier molecular flexibility index (Phi) is 4.36. The van der Waals surface area contributed by atoms with E-state index >= 15 is 0 Å². The molecular weight excluding hydrogens is 196 g/mol. The fourth-order valence-electron chi connectivity index (χ4n) is 0.493. The van der Waals surface area contributed by atoms with Gasteiger partial charge in [0.1, 0.15) is 5.76 Å². The van der Waals surface area contributed by atoms with E-state index in [1.807, 2.05) is 13.8 Å². The van der Waals surface area contributed by atoms with Gasteiger partial charge in [-0.2, -0.15) is 0 Å². The summed E-state index contributed by atoms with van der Waals surface area (Å²) in [4.78, 5) is 10.1. The lowest BCUT2D eigenvalue weighted by atomic mass is 10.4. The van der Waals surface area contributed by atoms with E-state index in [0.717, 1.165) is 6.29 Å². The standard InChI is InChI=1S/C7H11BrO2/c1-5(2)10-6(3)7(8)4-9/h4-5H,1-3H3/b7-6+. The van der Waals surface area contributed by atoms with Crippen molar-refractivity contribution in [1.82, 2.24) is 0 Å². The predicted octanol–water partition coefficient (Wildman–Crippen LogP) is 2.24. The zero-order chi connectivity index (χ0) is 8.15. The summed E-state index contributed by atoms with van der Waals surface area (Å²) in [5.74, 6) is 0.630. The average Bonchev–Trinajstić information content (AvgIpc) is 1.85. The van der Waals surface area contributed by atoms with E-state index in [1.54, 1.807) is 6.92 Å². The largest absolute Gasteiger partial charge is 0.494 e. The highest BCUT2D eigenvalue weighted by Gasteiger charge is 1.99. The lowest BCUT2D eigenvalue weighted by Gasteiger charge is -2.09. The highest BCUT2D eigenvalue weighted by atomic mass is 79.9. The van der Waals surface area contributed by atoms with Crippen molar-refractivity contribution in [3.8, 4) is 0 Å². The number of aldehydes is 1. The summed E-state index contributed by atoms with van der Waals surface area (Å²) >= 11 is 3.06. The van der Waals surface area contributed by atoms with Crippen molar-refractivity contribution in [2.45, 2.75) is 26.9 Å². The lowest BCUT2D eigenvalue weighted by molar-refractivity contribution is -0.104. The summed E-state index contributed by atoms with van der Waals surface area (Å²) in [6, 6.07) is 0. The van der Waals surface area contributed by atoms with Crippen molar-refractivity contribution in [2.75, 3.05) is 0 Å². The van der Waals surface area contributed by atoms with E-state index in [-0.39, 0.29) is 6.10 Å². The zero-order valence-corrected chi connectivity index (χ0v) is 7.94. The molecule has 0 atom stereocenters. The summed E-state index contributed by atoms with van der Waals surface area (Å²) in [5.41, 5.74) is 0. The van der Waals surface area contributed by atoms with Crippen LogP contribution in [0.4, 0.5) is 0 Å². The van der Waals surface area contributed by atoms with Crippen LogP contribution in [0.3, 0.4) is 0 Å². The van der Waals surface area contributed by atoms with Crippen LogP contribution in [0.2, 0.25) is 0 Å². The SMILES string of the molecule is C/C(OC(C)C)=C(\Br)C=O. The predicted molar refractivity (Wildman–Crippen MR) is 43.9 cm³/mol. The fourth-order valence-corrected chi connectivity index (χ4v) is 0.586. The van der Waals surface area contributed by atoms with Gasteiger partial charge >= 0.3 is 0 Å². The number of allylic oxidation sites excluding steroid dienone is 2. The normalized spacial score (nSPS) is 12.9. The Labute approximate surface area is 69.4 Å². The molecule has 0 N–H and O–H groups in total. The van der Waals surface area contributed by atoms with Gasteiger partial charge < -0.3 is 4.74 Å². The Morgan fingerprint density at radius 1 is 1.60 bits per heavy atom. The maximum atomic E-state index is 10.1. The molecule has 0 heterocycles. The third kappa shape index (κ3) is 3.67. The van der Waals surface area contributed by atoms with E-state index in [9.17, 15) is 4.79 Å². The molecule has 0 spiro atoms. The van der Waals surface area contributed by atoms with Gasteiger partial charge in [0.25, 0.3) is 0 Å². The maximum absolute atomic E-state index is 10.1. The molecule has 0 saturated carbocycles. The second kappa shape index (κ2) is 4.50. The second-order valence-electron chi connectivity index (χ2n) is 2.19. The number of hydrogen-bond acceptors (Lipinski definition) is 2. The van der Waals surface area contributed by atoms with Crippen molar-refractivity contribution in [1.29, 1.82) is 0 Å². The second-order valence-corrected chi connectivity index (χ2v) is 3.04. The number of hydrogen-bond donors (Lipinski definition) is 0. The summed E-state index contributed by atoms with van der Waals surface area (Å²) in [6.07, 6.45) is 0.838. The Morgan fingerprint density at radius 3 is 2.40 bits per heavy atom. The molecule has 3 heteroatoms. The van der Waals surface area contributed by atoms with Crippen LogP contribution in [0.5, 0.6) is 0 Å². The van der Waals surface area contributed by atoms with Crippen LogP contribution in [-0.4, -0.2) is 12.4 Å². The Bertz CT molecular complexity index is 150. The summed E-state index contributed by atoms with van der Waals surface area (Å²) in [7, 11) is 0. The molecular formula is C7H11BrO2. The maximum Gasteiger partial charge on any atom is 0.160 e. The molecule has 10 heavy (non-hydrogen) atoms. The molecule has 58 valence electrons. The molecule has 0 amide bonds. The molecule has 0 aliphatic heterocycles. The molecule has 0 aromatic heterocycles. The zero-order valence-electron chi connectivity index (χ0n) is 6.35. The molecule has 0 fully saturated rings. The summed E-state index contributed by atoms with van der Waals surface area (Å²) in [6.45, 7) is 5.57. The Hall–Kier alpha value is -0.310. The number of carbonyl (C=O) groups excluding carboxylic acids is 1. The lowest BCUT2D eigenvalue weighted by Crippen LogP contribution is -2.01. The van der Waals surface area contributed by atoms with E-state index in [1.165, 1.54) is 0 Å². The van der Waals surface area contributed by atoms with Crippen LogP contribution >= 0.6 is 15.9 Å². The van der Waals surface area contributed by atoms with Crippen LogP contribution in [0.25, 0.3) is 0 Å². The fraction of sp³-hybridized carbons (Fsp3) is 0.571. The minimum absolute atomic E-state index is 0.118. The van der Waals surface area contributed by atoms with E-state index < -0.39 is 0 Å². The highest BCUT2D eigenvalue weighted by Crippen LogP contribution is 2.11. The summed E-state index contributed by atoms with van der Waals surface area (Å²) < 4.78 is 5.68. The van der Waals surface area contributed by atoms with Crippen LogP contribution in [0.1, 0.15) is 20.8 Å². The molecule has 0 unspecified atom stereocenters. The van der Waals surface area contributed by atoms with Gasteiger partial charge in [0.2, 0.25) is 0 Å². The molecule has 0 bridgehead atoms. The molecule has 0 aliphatic carbocycles. The third-order valence-corrected chi connectivity index (χ3v) is 1.60. The summed E-state index contributed by atoms with van der Waals surface area (Å²) in [5, 5.41) is 0. The van der Waals surface area contributed by atoms with Gasteiger partial charge in [-0.1, -0.05) is 0 Å². The minimum atomic E-state index is 0.118. The van der Waals surface area contributed by atoms with Gasteiger partial charge in [0.15, 0.2) is 6.29 Å². The van der Waals surface area contributed by atoms with Gasteiger partial charge in [-0.05, 0) is 36.7 Å². The molecule has 2 nitrogen and oxygen atoms in total. The van der Waals surface area contributed by atoms with Crippen LogP contribution in [-0.2, 0) is 9.53 Å². The smallest absolute Gasteiger partial charge is 0.160 e. The molecule has 0 aromatic rings. The molecule has 0 rings (SSSR count). The molecule has 0 aromatic carbocycles.